The van der Waals surface area contributed by atoms with Crippen molar-refractivity contribution < 1.29 is 57.8 Å². The van der Waals surface area contributed by atoms with E-state index >= 15 is 9.59 Å². The molecule has 0 aromatic heterocycles. The van der Waals surface area contributed by atoms with E-state index in [1.165, 1.54) is 80.8 Å². The molecule has 0 aliphatic carbocycles. The number of hydrogen-bond donors (Lipinski definition) is 2. The number of carbonyl (C=O) groups excluding carboxylic acids is 11. The number of rotatable bonds is 15. The molecule has 0 aromatic carbocycles. The number of ketones is 3. The van der Waals surface area contributed by atoms with Crippen molar-refractivity contribution in [1.82, 2.24) is 39.6 Å². The highest BCUT2D eigenvalue weighted by molar-refractivity contribution is 6.02. The van der Waals surface area contributed by atoms with Gasteiger partial charge in [0.2, 0.25) is 41.4 Å². The number of allylic oxidation sites excluding steroid dienone is 2. The lowest BCUT2D eigenvalue weighted by Gasteiger charge is -2.41. The number of hydrogen-bond acceptors (Lipinski definition) is 12. The number of Topliss-reactive ketones (excluding diaryl/α,β-unsaturated/α-hetero) is 3. The number of carbonyl (C=O) groups is 11. The molecule has 20 heteroatoms. The van der Waals surface area contributed by atoms with Gasteiger partial charge in [-0.3, -0.25) is 52.7 Å². The fourth-order valence-electron chi connectivity index (χ4n) is 11.5. The highest BCUT2D eigenvalue weighted by Gasteiger charge is 2.46. The first-order chi connectivity index (χ1) is 39.6. The minimum atomic E-state index is -1.52. The number of amides is 8. The highest BCUT2D eigenvalue weighted by Crippen LogP contribution is 2.30. The highest BCUT2D eigenvalue weighted by atomic mass is 16.3. The average Bonchev–Trinajstić information content (AvgIpc) is 2.39. The molecule has 0 spiro atoms. The summed E-state index contributed by atoms with van der Waals surface area (Å²) in [5.41, 5.74) is -0.288. The Balaban J connectivity index is 4.38. The lowest BCUT2D eigenvalue weighted by Crippen LogP contribution is -2.61. The summed E-state index contributed by atoms with van der Waals surface area (Å²) in [5.74, 6) is -11.4. The van der Waals surface area contributed by atoms with Crippen LogP contribution in [-0.2, 0) is 52.7 Å². The van der Waals surface area contributed by atoms with Crippen LogP contribution in [0.5, 0.6) is 0 Å². The van der Waals surface area contributed by atoms with Gasteiger partial charge in [-0.05, 0) is 93.8 Å². The molecule has 0 saturated carbocycles. The molecule has 1 aliphatic rings. The third-order valence-corrected chi connectivity index (χ3v) is 17.2. The van der Waals surface area contributed by atoms with Gasteiger partial charge in [0, 0.05) is 86.3 Å². The molecular formula is C66H114N8O12. The van der Waals surface area contributed by atoms with Gasteiger partial charge in [0.25, 0.3) is 5.91 Å². The van der Waals surface area contributed by atoms with E-state index in [-0.39, 0.29) is 74.3 Å². The minimum Gasteiger partial charge on any atom is -0.390 e. The van der Waals surface area contributed by atoms with Gasteiger partial charge < -0.3 is 44.7 Å². The summed E-state index contributed by atoms with van der Waals surface area (Å²) in [6, 6.07) is -8.25. The van der Waals surface area contributed by atoms with Crippen LogP contribution in [0.15, 0.2) is 24.4 Å². The van der Waals surface area contributed by atoms with E-state index in [1.54, 1.807) is 54.5 Å². The Morgan fingerprint density at radius 3 is 1.37 bits per heavy atom. The molecular weight excluding hydrogens is 1100 g/mol. The van der Waals surface area contributed by atoms with Crippen molar-refractivity contribution in [2.45, 2.75) is 224 Å². The van der Waals surface area contributed by atoms with Gasteiger partial charge in [0.05, 0.1) is 18.2 Å². The van der Waals surface area contributed by atoms with Crippen LogP contribution in [0.3, 0.4) is 0 Å². The molecule has 20 nitrogen and oxygen atoms in total. The van der Waals surface area contributed by atoms with Crippen molar-refractivity contribution in [2.75, 3.05) is 49.3 Å². The maximum absolute atomic E-state index is 15.2. The van der Waals surface area contributed by atoms with Crippen LogP contribution in [-0.4, -0.2) is 202 Å². The zero-order valence-corrected chi connectivity index (χ0v) is 57.2. The molecule has 0 bridgehead atoms. The third kappa shape index (κ3) is 21.2. The minimum absolute atomic E-state index is 0.0758. The number of nitrogens with zero attached hydrogens (tertiary/aromatic N) is 7. The largest absolute Gasteiger partial charge is 0.390 e. The molecule has 1 rings (SSSR count). The molecule has 8 amide bonds. The van der Waals surface area contributed by atoms with Crippen molar-refractivity contribution in [1.29, 1.82) is 0 Å². The fourth-order valence-corrected chi connectivity index (χ4v) is 11.5. The molecule has 0 radical (unpaired) electrons. The first kappa shape index (κ1) is 78.2. The Morgan fingerprint density at radius 2 is 0.930 bits per heavy atom. The van der Waals surface area contributed by atoms with Gasteiger partial charge in [-0.2, -0.15) is 0 Å². The normalized spacial score (nSPS) is 27.0. The molecule has 1 aliphatic heterocycles. The van der Waals surface area contributed by atoms with E-state index in [9.17, 15) is 48.3 Å². The Morgan fingerprint density at radius 1 is 0.512 bits per heavy atom. The molecule has 490 valence electrons. The van der Waals surface area contributed by atoms with E-state index in [2.05, 4.69) is 11.9 Å². The van der Waals surface area contributed by atoms with Crippen molar-refractivity contribution >= 4 is 64.6 Å². The fraction of sp³-hybridized carbons (Fsp3) is 0.773. The van der Waals surface area contributed by atoms with E-state index in [1.807, 2.05) is 68.4 Å². The van der Waals surface area contributed by atoms with Crippen LogP contribution in [0.1, 0.15) is 175 Å². The third-order valence-electron chi connectivity index (χ3n) is 17.2. The smallest absolute Gasteiger partial charge is 0.270 e. The second-order valence-corrected chi connectivity index (χ2v) is 27.1. The number of nitrogens with one attached hydrogen (secondary N) is 1. The van der Waals surface area contributed by atoms with Gasteiger partial charge in [-0.15, -0.1) is 0 Å². The van der Waals surface area contributed by atoms with Gasteiger partial charge >= 0.3 is 0 Å². The molecule has 1 heterocycles. The van der Waals surface area contributed by atoms with Gasteiger partial charge in [0.15, 0.2) is 17.3 Å². The zero-order chi connectivity index (χ0) is 66.8. The van der Waals surface area contributed by atoms with E-state index in [0.717, 1.165) is 9.80 Å². The maximum atomic E-state index is 15.2. The first-order valence-electron chi connectivity index (χ1n) is 31.4. The Kier molecular flexibility index (Phi) is 32.1. The number of likely N-dealkylation sites (N-methyl/N-ethyl adjacent to an activating group) is 7. The summed E-state index contributed by atoms with van der Waals surface area (Å²) >= 11 is 0. The molecule has 12 atom stereocenters. The number of aliphatic hydroxyl groups is 1. The van der Waals surface area contributed by atoms with E-state index in [4.69, 9.17) is 0 Å². The summed E-state index contributed by atoms with van der Waals surface area (Å²) in [6.45, 7) is 34.5. The molecule has 0 aromatic rings. The molecule has 0 unspecified atom stereocenters. The maximum Gasteiger partial charge on any atom is 0.270 e. The molecule has 2 N–H and O–H groups in total. The van der Waals surface area contributed by atoms with E-state index in [0.29, 0.717) is 6.42 Å². The molecule has 1 saturated heterocycles. The molecule has 86 heavy (non-hydrogen) atoms. The number of aliphatic hydroxyl groups excluding tert-OH is 1. The van der Waals surface area contributed by atoms with Crippen LogP contribution >= 0.6 is 0 Å². The predicted octanol–water partition coefficient (Wildman–Crippen LogP) is 7.05. The SMILES string of the molecule is C=C1C(=O)N(C)[C@@H](CC(C)C)C(=O)C[C@H](C(C)C)C(=O)N(C)[C@H](CC(C)C)C(=O)C[C@H](C)C(=O)N[C@@H](C)C(=O)N(C)[C@@H](CC(C)C)C(=O)N(C)[C@H](CC(C)C)C(=O)N(C)[C@H](C(C)C)C(=O)N(C)[C@H]([C@H](O)[C@H](C)C/C=C/C)C(=O)C[C@H](CC)C(=O)N1C. The van der Waals surface area contributed by atoms with Crippen molar-refractivity contribution in [2.24, 2.45) is 59.2 Å². The Labute approximate surface area is 517 Å². The van der Waals surface area contributed by atoms with Crippen molar-refractivity contribution in [3.8, 4) is 0 Å². The lowest BCUT2D eigenvalue weighted by molar-refractivity contribution is -0.157. The van der Waals surface area contributed by atoms with Crippen LogP contribution in [0.2, 0.25) is 0 Å². The summed E-state index contributed by atoms with van der Waals surface area (Å²) in [4.78, 5) is 170. The van der Waals surface area contributed by atoms with E-state index < -0.39 is 155 Å². The summed E-state index contributed by atoms with van der Waals surface area (Å²) in [6.07, 6.45) is 2.32. The van der Waals surface area contributed by atoms with Crippen LogP contribution in [0, 0.1) is 59.2 Å². The second-order valence-electron chi connectivity index (χ2n) is 27.1. The summed E-state index contributed by atoms with van der Waals surface area (Å²) in [5, 5.41) is 14.9. The van der Waals surface area contributed by atoms with Crippen molar-refractivity contribution in [3.05, 3.63) is 24.4 Å². The van der Waals surface area contributed by atoms with Gasteiger partial charge in [-0.25, -0.2) is 0 Å². The van der Waals surface area contributed by atoms with Crippen LogP contribution in [0.4, 0.5) is 0 Å². The van der Waals surface area contributed by atoms with Crippen molar-refractivity contribution in [3.63, 3.8) is 0 Å². The van der Waals surface area contributed by atoms with Crippen LogP contribution < -0.4 is 5.32 Å². The molecule has 1 fully saturated rings. The summed E-state index contributed by atoms with van der Waals surface area (Å²) in [7, 11) is 10.1. The average molecular weight is 1210 g/mol. The topological polar surface area (TPSA) is 243 Å². The Bertz CT molecular complexity index is 2400. The van der Waals surface area contributed by atoms with Gasteiger partial charge in [-0.1, -0.05) is 123 Å². The monoisotopic (exact) mass is 1210 g/mol. The predicted molar refractivity (Wildman–Crippen MR) is 336 cm³/mol. The standard InChI is InChI=1S/C66H114N8O12/c1-26-28-29-43(15)58(78)57-55(77)35-47(27-2)62(82)68(19)46(18)61(81)69(20)50(31-38(5)6)54(76)36-48(41(11)12)63(83)70(21)49(30-37(3)4)53(75)34-44(16)59(79)67-45(17)60(80)71(22)51(32-39(7)8)64(84)72(23)52(33-40(9)10)65(85)73(24)56(42(13)14)66(86)74(57)25/h26,28,37-45,47-52,56-58,78H,18,27,29-36H2,1-17,19-25H3,(H,67,79)/b28-26+/t43-,44+,45+,47+,48-,49-,50+,51+,52-,56-,57+,58-/m1/s1. The first-order valence-corrected chi connectivity index (χ1v) is 31.4. The lowest BCUT2D eigenvalue weighted by atomic mass is 9.84. The quantitative estimate of drug-likeness (QED) is 0.124. The Hall–Kier alpha value is -5.79. The van der Waals surface area contributed by atoms with Crippen LogP contribution in [0.25, 0.3) is 0 Å². The van der Waals surface area contributed by atoms with Gasteiger partial charge in [0.1, 0.15) is 35.9 Å². The second kappa shape index (κ2) is 35.3. The summed E-state index contributed by atoms with van der Waals surface area (Å²) < 4.78 is 0. The zero-order valence-electron chi connectivity index (χ0n) is 57.2.